The van der Waals surface area contributed by atoms with Crippen LogP contribution in [0.3, 0.4) is 0 Å². The van der Waals surface area contributed by atoms with Gasteiger partial charge in [0.15, 0.2) is 5.11 Å². The maximum absolute atomic E-state index is 5.21. The standard InChI is InChI=1S/C13H12BrN3S/c1-9-2-7-12(15-8-9)17-13(18)16-11-5-3-10(14)4-6-11/h2-8H,1H3,(H2,15,16,17,18). The number of thiocarbonyl (C=S) groups is 1. The Morgan fingerprint density at radius 1 is 1.11 bits per heavy atom. The van der Waals surface area contributed by atoms with E-state index < -0.39 is 0 Å². The first kappa shape index (κ1) is 13.0. The fourth-order valence-electron chi connectivity index (χ4n) is 1.35. The van der Waals surface area contributed by atoms with Crippen LogP contribution in [0.25, 0.3) is 0 Å². The van der Waals surface area contributed by atoms with Gasteiger partial charge in [0, 0.05) is 16.4 Å². The molecule has 0 aliphatic carbocycles. The summed E-state index contributed by atoms with van der Waals surface area (Å²) in [5.41, 5.74) is 2.05. The molecule has 0 spiro atoms. The molecular weight excluding hydrogens is 310 g/mol. The lowest BCUT2D eigenvalue weighted by molar-refractivity contribution is 1.27. The number of nitrogens with one attached hydrogen (secondary N) is 2. The van der Waals surface area contributed by atoms with Crippen LogP contribution in [0.1, 0.15) is 5.56 Å². The topological polar surface area (TPSA) is 37.0 Å². The Bertz CT molecular complexity index is 488. The van der Waals surface area contributed by atoms with Crippen LogP contribution in [0, 0.1) is 6.92 Å². The van der Waals surface area contributed by atoms with Gasteiger partial charge in [-0.2, -0.15) is 0 Å². The van der Waals surface area contributed by atoms with Crippen LogP contribution in [-0.2, 0) is 0 Å². The third-order valence-electron chi connectivity index (χ3n) is 2.26. The maximum atomic E-state index is 5.21. The molecule has 0 radical (unpaired) electrons. The molecule has 0 saturated carbocycles. The Morgan fingerprint density at radius 3 is 2.44 bits per heavy atom. The number of rotatable bonds is 2. The minimum Gasteiger partial charge on any atom is -0.332 e. The average molecular weight is 322 g/mol. The van der Waals surface area contributed by atoms with Crippen molar-refractivity contribution in [3.63, 3.8) is 0 Å². The van der Waals surface area contributed by atoms with Crippen LogP contribution in [-0.4, -0.2) is 10.1 Å². The van der Waals surface area contributed by atoms with E-state index in [-0.39, 0.29) is 0 Å². The summed E-state index contributed by atoms with van der Waals surface area (Å²) in [7, 11) is 0. The van der Waals surface area contributed by atoms with Crippen molar-refractivity contribution in [2.24, 2.45) is 0 Å². The van der Waals surface area contributed by atoms with Gasteiger partial charge in [0.2, 0.25) is 0 Å². The SMILES string of the molecule is Cc1ccc(NC(=S)Nc2ccc(Br)cc2)nc1. The van der Waals surface area contributed by atoms with Gasteiger partial charge in [-0.3, -0.25) is 0 Å². The fourth-order valence-corrected chi connectivity index (χ4v) is 1.84. The second-order valence-corrected chi connectivity index (χ2v) is 5.13. The lowest BCUT2D eigenvalue weighted by Gasteiger charge is -2.09. The molecule has 0 atom stereocenters. The summed E-state index contributed by atoms with van der Waals surface area (Å²) >= 11 is 8.60. The number of halogens is 1. The van der Waals surface area contributed by atoms with Crippen molar-refractivity contribution in [1.82, 2.24) is 4.98 Å². The molecule has 3 nitrogen and oxygen atoms in total. The van der Waals surface area contributed by atoms with Crippen LogP contribution in [0.4, 0.5) is 11.5 Å². The van der Waals surface area contributed by atoms with Gasteiger partial charge in [-0.25, -0.2) is 4.98 Å². The van der Waals surface area contributed by atoms with Crippen LogP contribution < -0.4 is 10.6 Å². The molecule has 18 heavy (non-hydrogen) atoms. The van der Waals surface area contributed by atoms with E-state index in [0.29, 0.717) is 5.11 Å². The van der Waals surface area contributed by atoms with Crippen LogP contribution in [0.15, 0.2) is 47.1 Å². The van der Waals surface area contributed by atoms with E-state index in [1.165, 1.54) is 0 Å². The number of nitrogens with zero attached hydrogens (tertiary/aromatic N) is 1. The molecule has 0 saturated heterocycles. The van der Waals surface area contributed by atoms with E-state index in [1.54, 1.807) is 6.20 Å². The van der Waals surface area contributed by atoms with Crippen LogP contribution >= 0.6 is 28.1 Å². The summed E-state index contributed by atoms with van der Waals surface area (Å²) in [6.45, 7) is 2.00. The number of anilines is 2. The number of benzene rings is 1. The van der Waals surface area contributed by atoms with Crippen molar-refractivity contribution in [3.05, 3.63) is 52.6 Å². The molecule has 0 unspecified atom stereocenters. The summed E-state index contributed by atoms with van der Waals surface area (Å²) < 4.78 is 1.03. The highest BCUT2D eigenvalue weighted by molar-refractivity contribution is 9.10. The zero-order valence-corrected chi connectivity index (χ0v) is 12.2. The molecule has 5 heteroatoms. The van der Waals surface area contributed by atoms with Crippen molar-refractivity contribution in [3.8, 4) is 0 Å². The van der Waals surface area contributed by atoms with Crippen molar-refractivity contribution in [2.75, 3.05) is 10.6 Å². The smallest absolute Gasteiger partial charge is 0.176 e. The molecule has 0 fully saturated rings. The molecule has 2 rings (SSSR count). The first-order valence-electron chi connectivity index (χ1n) is 5.40. The van der Waals surface area contributed by atoms with Crippen molar-refractivity contribution in [2.45, 2.75) is 6.92 Å². The van der Waals surface area contributed by atoms with E-state index in [4.69, 9.17) is 12.2 Å². The molecule has 92 valence electrons. The molecular formula is C13H12BrN3S. The van der Waals surface area contributed by atoms with Gasteiger partial charge in [-0.15, -0.1) is 0 Å². The number of hydrogen-bond acceptors (Lipinski definition) is 2. The van der Waals surface area contributed by atoms with E-state index >= 15 is 0 Å². The highest BCUT2D eigenvalue weighted by Crippen LogP contribution is 2.14. The molecule has 0 amide bonds. The van der Waals surface area contributed by atoms with Crippen molar-refractivity contribution < 1.29 is 0 Å². The lowest BCUT2D eigenvalue weighted by Crippen LogP contribution is -2.19. The first-order valence-corrected chi connectivity index (χ1v) is 6.60. The van der Waals surface area contributed by atoms with Crippen molar-refractivity contribution in [1.29, 1.82) is 0 Å². The third kappa shape index (κ3) is 3.78. The minimum atomic E-state index is 0.522. The molecule has 0 bridgehead atoms. The largest absolute Gasteiger partial charge is 0.332 e. The number of pyridine rings is 1. The van der Waals surface area contributed by atoms with Gasteiger partial charge in [-0.05, 0) is 55.0 Å². The Kier molecular flexibility index (Phi) is 4.28. The summed E-state index contributed by atoms with van der Waals surface area (Å²) in [6, 6.07) is 11.7. The molecule has 2 N–H and O–H groups in total. The van der Waals surface area contributed by atoms with Gasteiger partial charge >= 0.3 is 0 Å². The van der Waals surface area contributed by atoms with E-state index in [0.717, 1.165) is 21.5 Å². The monoisotopic (exact) mass is 321 g/mol. The number of aromatic nitrogens is 1. The molecule has 0 aliphatic heterocycles. The van der Waals surface area contributed by atoms with Gasteiger partial charge in [0.05, 0.1) is 0 Å². The molecule has 2 aromatic rings. The Balaban J connectivity index is 1.96. The summed E-state index contributed by atoms with van der Waals surface area (Å²) in [5, 5.41) is 6.64. The summed E-state index contributed by atoms with van der Waals surface area (Å²) in [4.78, 5) is 4.23. The summed E-state index contributed by atoms with van der Waals surface area (Å²) in [5.74, 6) is 0.732. The van der Waals surface area contributed by atoms with Crippen LogP contribution in [0.2, 0.25) is 0 Å². The Labute approximate surface area is 120 Å². The predicted molar refractivity (Wildman–Crippen MR) is 83.0 cm³/mol. The van der Waals surface area contributed by atoms with Gasteiger partial charge in [-0.1, -0.05) is 22.0 Å². The zero-order valence-electron chi connectivity index (χ0n) is 9.77. The summed E-state index contributed by atoms with van der Waals surface area (Å²) in [6.07, 6.45) is 1.80. The van der Waals surface area contributed by atoms with Crippen LogP contribution in [0.5, 0.6) is 0 Å². The quantitative estimate of drug-likeness (QED) is 0.821. The number of aryl methyl sites for hydroxylation is 1. The highest BCUT2D eigenvalue weighted by Gasteiger charge is 1.99. The normalized spacial score (nSPS) is 9.89. The first-order chi connectivity index (χ1) is 8.63. The van der Waals surface area contributed by atoms with E-state index in [9.17, 15) is 0 Å². The Morgan fingerprint density at radius 2 is 1.83 bits per heavy atom. The number of hydrogen-bond donors (Lipinski definition) is 2. The molecule has 0 aliphatic rings. The van der Waals surface area contributed by atoms with Gasteiger partial charge in [0.1, 0.15) is 5.82 Å². The Hall–Kier alpha value is -1.46. The van der Waals surface area contributed by atoms with Crippen molar-refractivity contribution >= 4 is 44.8 Å². The highest BCUT2D eigenvalue weighted by atomic mass is 79.9. The zero-order chi connectivity index (χ0) is 13.0. The second-order valence-electron chi connectivity index (χ2n) is 3.81. The molecule has 1 aromatic carbocycles. The fraction of sp³-hybridized carbons (Fsp3) is 0.0769. The second kappa shape index (κ2) is 5.93. The van der Waals surface area contributed by atoms with Gasteiger partial charge < -0.3 is 10.6 Å². The lowest BCUT2D eigenvalue weighted by atomic mass is 10.3. The van der Waals surface area contributed by atoms with Gasteiger partial charge in [0.25, 0.3) is 0 Å². The average Bonchev–Trinajstić information content (AvgIpc) is 2.35. The maximum Gasteiger partial charge on any atom is 0.176 e. The van der Waals surface area contributed by atoms with E-state index in [2.05, 4.69) is 31.5 Å². The predicted octanol–water partition coefficient (Wildman–Crippen LogP) is 3.96. The van der Waals surface area contributed by atoms with E-state index in [1.807, 2.05) is 43.3 Å². The third-order valence-corrected chi connectivity index (χ3v) is 2.99. The molecule has 1 heterocycles. The molecule has 1 aromatic heterocycles. The minimum absolute atomic E-state index is 0.522.